The molecule has 1 heterocycles. The largest absolute Gasteiger partial charge is 0.343 e. The number of urea groups is 1. The van der Waals surface area contributed by atoms with Crippen molar-refractivity contribution in [2.75, 3.05) is 25.0 Å². The molecule has 0 atom stereocenters. The second-order valence-electron chi connectivity index (χ2n) is 4.73. The number of nitrogens with zero attached hydrogens (tertiary/aromatic N) is 1. The monoisotopic (exact) mass is 279 g/mol. The van der Waals surface area contributed by atoms with Crippen LogP contribution in [0.4, 0.5) is 14.9 Å². The summed E-state index contributed by atoms with van der Waals surface area (Å²) in [6, 6.07) is 5.34. The van der Waals surface area contributed by atoms with Gasteiger partial charge in [-0.15, -0.1) is 0 Å². The number of benzene rings is 1. The molecule has 0 aliphatic carbocycles. The minimum absolute atomic E-state index is 0.189. The van der Waals surface area contributed by atoms with Crippen LogP contribution in [0, 0.1) is 5.82 Å². The molecule has 0 saturated carbocycles. The highest BCUT2D eigenvalue weighted by Crippen LogP contribution is 2.10. The summed E-state index contributed by atoms with van der Waals surface area (Å²) >= 11 is 0. The van der Waals surface area contributed by atoms with Crippen molar-refractivity contribution in [3.8, 4) is 0 Å². The number of nitrogens with one attached hydrogen (secondary N) is 2. The molecule has 2 rings (SSSR count). The van der Waals surface area contributed by atoms with Crippen LogP contribution in [0.3, 0.4) is 0 Å². The number of likely N-dealkylation sites (tertiary alicyclic amines) is 1. The second-order valence-corrected chi connectivity index (χ2v) is 4.73. The second kappa shape index (κ2) is 6.88. The molecule has 0 bridgehead atoms. The van der Waals surface area contributed by atoms with E-state index in [4.69, 9.17) is 0 Å². The Morgan fingerprint density at radius 2 is 2.25 bits per heavy atom. The smallest absolute Gasteiger partial charge is 0.319 e. The van der Waals surface area contributed by atoms with E-state index in [2.05, 4.69) is 10.6 Å². The highest BCUT2D eigenvalue weighted by atomic mass is 19.1. The fraction of sp³-hybridized carbons (Fsp3) is 0.429. The van der Waals surface area contributed by atoms with E-state index in [0.717, 1.165) is 13.0 Å². The van der Waals surface area contributed by atoms with Crippen LogP contribution in [0.15, 0.2) is 24.3 Å². The van der Waals surface area contributed by atoms with E-state index in [1.165, 1.54) is 18.2 Å². The SMILES string of the molecule is O=C(NCCCN1CCCC1=O)Nc1cccc(F)c1. The highest BCUT2D eigenvalue weighted by molar-refractivity contribution is 5.89. The highest BCUT2D eigenvalue weighted by Gasteiger charge is 2.18. The van der Waals surface area contributed by atoms with Crippen molar-refractivity contribution >= 4 is 17.6 Å². The van der Waals surface area contributed by atoms with Gasteiger partial charge in [-0.1, -0.05) is 6.07 Å². The molecular weight excluding hydrogens is 261 g/mol. The normalized spacial score (nSPS) is 14.4. The number of halogens is 1. The molecule has 1 aromatic carbocycles. The third-order valence-corrected chi connectivity index (χ3v) is 3.14. The number of anilines is 1. The van der Waals surface area contributed by atoms with Crippen molar-refractivity contribution in [3.63, 3.8) is 0 Å². The molecule has 2 N–H and O–H groups in total. The van der Waals surface area contributed by atoms with Gasteiger partial charge in [0.2, 0.25) is 5.91 Å². The van der Waals surface area contributed by atoms with Crippen LogP contribution >= 0.6 is 0 Å². The first-order valence-electron chi connectivity index (χ1n) is 6.73. The van der Waals surface area contributed by atoms with Gasteiger partial charge in [0.15, 0.2) is 0 Å². The maximum Gasteiger partial charge on any atom is 0.319 e. The molecule has 0 radical (unpaired) electrons. The first-order valence-corrected chi connectivity index (χ1v) is 6.73. The first-order chi connectivity index (χ1) is 9.65. The van der Waals surface area contributed by atoms with Crippen LogP contribution in [0.2, 0.25) is 0 Å². The zero-order chi connectivity index (χ0) is 14.4. The quantitative estimate of drug-likeness (QED) is 0.809. The molecule has 1 aromatic rings. The Balaban J connectivity index is 1.64. The Bertz CT molecular complexity index is 493. The van der Waals surface area contributed by atoms with Crippen molar-refractivity contribution in [2.24, 2.45) is 0 Å². The lowest BCUT2D eigenvalue weighted by Crippen LogP contribution is -2.33. The van der Waals surface area contributed by atoms with Crippen molar-refractivity contribution in [3.05, 3.63) is 30.1 Å². The Labute approximate surface area is 117 Å². The van der Waals surface area contributed by atoms with E-state index in [1.54, 1.807) is 6.07 Å². The molecule has 1 fully saturated rings. The predicted molar refractivity (Wildman–Crippen MR) is 73.9 cm³/mol. The Morgan fingerprint density at radius 3 is 2.95 bits per heavy atom. The van der Waals surface area contributed by atoms with Crippen molar-refractivity contribution in [1.82, 2.24) is 10.2 Å². The summed E-state index contributed by atoms with van der Waals surface area (Å²) in [4.78, 5) is 24.7. The van der Waals surface area contributed by atoms with Gasteiger partial charge in [-0.05, 0) is 31.0 Å². The molecule has 1 saturated heterocycles. The lowest BCUT2D eigenvalue weighted by molar-refractivity contribution is -0.127. The van der Waals surface area contributed by atoms with Crippen LogP contribution in [-0.2, 0) is 4.79 Å². The number of hydrogen-bond acceptors (Lipinski definition) is 2. The van der Waals surface area contributed by atoms with E-state index >= 15 is 0 Å². The summed E-state index contributed by atoms with van der Waals surface area (Å²) in [7, 11) is 0. The van der Waals surface area contributed by atoms with Gasteiger partial charge >= 0.3 is 6.03 Å². The average molecular weight is 279 g/mol. The summed E-state index contributed by atoms with van der Waals surface area (Å²) in [5.74, 6) is -0.204. The Hall–Kier alpha value is -2.11. The Morgan fingerprint density at radius 1 is 1.40 bits per heavy atom. The summed E-state index contributed by atoms with van der Waals surface area (Å²) < 4.78 is 12.9. The van der Waals surface area contributed by atoms with Crippen LogP contribution in [0.5, 0.6) is 0 Å². The molecule has 0 spiro atoms. The van der Waals surface area contributed by atoms with Gasteiger partial charge in [0, 0.05) is 31.7 Å². The van der Waals surface area contributed by atoms with E-state index < -0.39 is 5.82 Å². The zero-order valence-corrected chi connectivity index (χ0v) is 11.2. The maximum atomic E-state index is 12.9. The van der Waals surface area contributed by atoms with Gasteiger partial charge in [0.25, 0.3) is 0 Å². The number of amides is 3. The van der Waals surface area contributed by atoms with Gasteiger partial charge < -0.3 is 15.5 Å². The zero-order valence-electron chi connectivity index (χ0n) is 11.2. The number of carbonyl (C=O) groups is 2. The van der Waals surface area contributed by atoms with Gasteiger partial charge in [0.1, 0.15) is 5.82 Å². The molecule has 5 nitrogen and oxygen atoms in total. The number of hydrogen-bond donors (Lipinski definition) is 2. The molecule has 1 aliphatic rings. The van der Waals surface area contributed by atoms with E-state index in [1.807, 2.05) is 4.90 Å². The first kappa shape index (κ1) is 14.3. The van der Waals surface area contributed by atoms with Crippen molar-refractivity contribution in [1.29, 1.82) is 0 Å². The number of rotatable bonds is 5. The molecule has 3 amide bonds. The summed E-state index contributed by atoms with van der Waals surface area (Å²) in [5.41, 5.74) is 0.414. The maximum absolute atomic E-state index is 12.9. The van der Waals surface area contributed by atoms with Gasteiger partial charge in [-0.25, -0.2) is 9.18 Å². The molecule has 20 heavy (non-hydrogen) atoms. The van der Waals surface area contributed by atoms with Crippen molar-refractivity contribution < 1.29 is 14.0 Å². The third-order valence-electron chi connectivity index (χ3n) is 3.14. The van der Waals surface area contributed by atoms with Gasteiger partial charge in [0.05, 0.1) is 0 Å². The molecular formula is C14H18FN3O2. The van der Waals surface area contributed by atoms with Crippen molar-refractivity contribution in [2.45, 2.75) is 19.3 Å². The molecule has 0 unspecified atom stereocenters. The lowest BCUT2D eigenvalue weighted by atomic mass is 10.3. The predicted octanol–water partition coefficient (Wildman–Crippen LogP) is 1.96. The van der Waals surface area contributed by atoms with E-state index in [0.29, 0.717) is 31.6 Å². The third kappa shape index (κ3) is 4.22. The standard InChI is InChI=1S/C14H18FN3O2/c15-11-4-1-5-12(10-11)17-14(20)16-7-3-9-18-8-2-6-13(18)19/h1,4-5,10H,2-3,6-9H2,(H2,16,17,20). The topological polar surface area (TPSA) is 61.4 Å². The summed E-state index contributed by atoms with van der Waals surface area (Å²) in [6.07, 6.45) is 2.27. The fourth-order valence-electron chi connectivity index (χ4n) is 2.15. The fourth-order valence-corrected chi connectivity index (χ4v) is 2.15. The van der Waals surface area contributed by atoms with Gasteiger partial charge in [-0.3, -0.25) is 4.79 Å². The molecule has 0 aromatic heterocycles. The number of carbonyl (C=O) groups excluding carboxylic acids is 2. The molecule has 1 aliphatic heterocycles. The molecule has 108 valence electrons. The Kier molecular flexibility index (Phi) is 4.92. The minimum atomic E-state index is -0.393. The lowest BCUT2D eigenvalue weighted by Gasteiger charge is -2.15. The minimum Gasteiger partial charge on any atom is -0.343 e. The van der Waals surface area contributed by atoms with Crippen LogP contribution < -0.4 is 10.6 Å². The summed E-state index contributed by atoms with van der Waals surface area (Å²) in [6.45, 7) is 1.96. The van der Waals surface area contributed by atoms with E-state index in [9.17, 15) is 14.0 Å². The van der Waals surface area contributed by atoms with E-state index in [-0.39, 0.29) is 11.9 Å². The van der Waals surface area contributed by atoms with Gasteiger partial charge in [-0.2, -0.15) is 0 Å². The summed E-state index contributed by atoms with van der Waals surface area (Å²) in [5, 5.41) is 5.23. The van der Waals surface area contributed by atoms with Crippen LogP contribution in [-0.4, -0.2) is 36.5 Å². The van der Waals surface area contributed by atoms with Crippen LogP contribution in [0.1, 0.15) is 19.3 Å². The molecule has 6 heteroatoms. The van der Waals surface area contributed by atoms with Crippen LogP contribution in [0.25, 0.3) is 0 Å². The average Bonchev–Trinajstić information content (AvgIpc) is 2.80.